The summed E-state index contributed by atoms with van der Waals surface area (Å²) in [6.45, 7) is 0.134. The minimum absolute atomic E-state index is 0.134. The molecular weight excluding hydrogens is 316 g/mol. The van der Waals surface area contributed by atoms with Gasteiger partial charge in [0.2, 0.25) is 0 Å². The van der Waals surface area contributed by atoms with Crippen LogP contribution in [-0.2, 0) is 9.53 Å². The van der Waals surface area contributed by atoms with E-state index in [0.717, 1.165) is 0 Å². The molecule has 1 aromatic rings. The molecule has 6 heteroatoms. The number of aliphatic hydroxyl groups excluding tert-OH is 1. The Balaban J connectivity index is 1.52. The van der Waals surface area contributed by atoms with Gasteiger partial charge in [0.25, 0.3) is 0 Å². The highest BCUT2D eigenvalue weighted by atomic mass is 19.1. The second-order valence-electron chi connectivity index (χ2n) is 7.64. The Morgan fingerprint density at radius 1 is 1.42 bits per heavy atom. The molecule has 3 unspecified atom stereocenters. The van der Waals surface area contributed by atoms with Crippen molar-refractivity contribution in [1.29, 1.82) is 0 Å². The number of halogens is 2. The first kappa shape index (κ1) is 16.0. The molecule has 4 nitrogen and oxygen atoms in total. The summed E-state index contributed by atoms with van der Waals surface area (Å²) in [6.07, 6.45) is 0.123. The van der Waals surface area contributed by atoms with Crippen molar-refractivity contribution in [2.45, 2.75) is 44.1 Å². The minimum atomic E-state index is -1.05. The van der Waals surface area contributed by atoms with Gasteiger partial charge in [0.15, 0.2) is 0 Å². The second kappa shape index (κ2) is 5.23. The van der Waals surface area contributed by atoms with Crippen LogP contribution in [0.1, 0.15) is 37.3 Å². The number of hydrogen-bond acceptors (Lipinski definition) is 4. The van der Waals surface area contributed by atoms with E-state index in [2.05, 4.69) is 0 Å². The van der Waals surface area contributed by atoms with E-state index in [1.165, 1.54) is 19.2 Å². The van der Waals surface area contributed by atoms with Crippen molar-refractivity contribution in [3.63, 3.8) is 0 Å². The smallest absolute Gasteiger partial charge is 0.311 e. The first-order chi connectivity index (χ1) is 11.4. The SMILES string of the molecule is COC(=O)C12CC(C(O)N3CC(F)CC3c3cccc(F)c3)(C1)C2. The van der Waals surface area contributed by atoms with Crippen molar-refractivity contribution >= 4 is 5.97 Å². The maximum Gasteiger partial charge on any atom is 0.311 e. The van der Waals surface area contributed by atoms with Gasteiger partial charge < -0.3 is 9.84 Å². The van der Waals surface area contributed by atoms with Crippen molar-refractivity contribution in [2.75, 3.05) is 13.7 Å². The Morgan fingerprint density at radius 2 is 2.12 bits per heavy atom. The molecule has 130 valence electrons. The van der Waals surface area contributed by atoms with Gasteiger partial charge in [-0.2, -0.15) is 0 Å². The third-order valence-electron chi connectivity index (χ3n) is 6.07. The quantitative estimate of drug-likeness (QED) is 0.858. The van der Waals surface area contributed by atoms with Crippen LogP contribution in [0.15, 0.2) is 24.3 Å². The highest BCUT2D eigenvalue weighted by Gasteiger charge is 2.75. The first-order valence-corrected chi connectivity index (χ1v) is 8.31. The summed E-state index contributed by atoms with van der Waals surface area (Å²) >= 11 is 0. The molecule has 1 aliphatic heterocycles. The number of alkyl halides is 1. The van der Waals surface area contributed by atoms with E-state index < -0.39 is 17.8 Å². The normalized spacial score (nSPS) is 39.0. The van der Waals surface area contributed by atoms with Gasteiger partial charge in [-0.15, -0.1) is 0 Å². The first-order valence-electron chi connectivity index (χ1n) is 8.31. The Morgan fingerprint density at radius 3 is 2.75 bits per heavy atom. The fourth-order valence-electron chi connectivity index (χ4n) is 5.04. The van der Waals surface area contributed by atoms with Crippen molar-refractivity contribution in [3.05, 3.63) is 35.6 Å². The molecular formula is C18H21F2NO3. The lowest BCUT2D eigenvalue weighted by Crippen LogP contribution is -2.72. The number of ether oxygens (including phenoxy) is 1. The van der Waals surface area contributed by atoms with Gasteiger partial charge in [-0.1, -0.05) is 12.1 Å². The van der Waals surface area contributed by atoms with Crippen molar-refractivity contribution in [1.82, 2.24) is 4.90 Å². The number of aliphatic hydroxyl groups is 1. The lowest BCUT2D eigenvalue weighted by molar-refractivity contribution is -0.287. The molecule has 0 radical (unpaired) electrons. The van der Waals surface area contributed by atoms with Crippen LogP contribution in [0.4, 0.5) is 8.78 Å². The number of carbonyl (C=O) groups is 1. The van der Waals surface area contributed by atoms with Crippen LogP contribution in [0.25, 0.3) is 0 Å². The maximum absolute atomic E-state index is 14.0. The van der Waals surface area contributed by atoms with E-state index in [9.17, 15) is 18.7 Å². The van der Waals surface area contributed by atoms with Crippen LogP contribution < -0.4 is 0 Å². The van der Waals surface area contributed by atoms with Gasteiger partial charge in [0.05, 0.1) is 12.5 Å². The second-order valence-corrected chi connectivity index (χ2v) is 7.64. The summed E-state index contributed by atoms with van der Waals surface area (Å²) < 4.78 is 32.4. The summed E-state index contributed by atoms with van der Waals surface area (Å²) in [5.41, 5.74) is -0.119. The number of esters is 1. The molecule has 1 aromatic carbocycles. The summed E-state index contributed by atoms with van der Waals surface area (Å²) in [5.74, 6) is -0.581. The number of rotatable bonds is 4. The number of likely N-dealkylation sites (tertiary alicyclic amines) is 1. The molecule has 0 aromatic heterocycles. The summed E-state index contributed by atoms with van der Waals surface area (Å²) in [6, 6.07) is 5.79. The van der Waals surface area contributed by atoms with E-state index in [0.29, 0.717) is 24.8 Å². The fraction of sp³-hybridized carbons (Fsp3) is 0.611. The Hall–Kier alpha value is -1.53. The topological polar surface area (TPSA) is 49.8 Å². The molecule has 2 bridgehead atoms. The zero-order valence-electron chi connectivity index (χ0n) is 13.5. The van der Waals surface area contributed by atoms with Crippen molar-refractivity contribution < 1.29 is 23.4 Å². The van der Waals surface area contributed by atoms with Crippen LogP contribution >= 0.6 is 0 Å². The molecule has 24 heavy (non-hydrogen) atoms. The van der Waals surface area contributed by atoms with E-state index in [1.54, 1.807) is 17.0 Å². The molecule has 4 fully saturated rings. The van der Waals surface area contributed by atoms with Crippen molar-refractivity contribution in [3.8, 4) is 0 Å². The molecule has 1 N–H and O–H groups in total. The van der Waals surface area contributed by atoms with Crippen molar-refractivity contribution in [2.24, 2.45) is 10.8 Å². The summed E-state index contributed by atoms with van der Waals surface area (Å²) in [4.78, 5) is 13.5. The van der Waals surface area contributed by atoms with Gasteiger partial charge in [-0.05, 0) is 43.4 Å². The highest BCUT2D eigenvalue weighted by molar-refractivity contribution is 5.81. The van der Waals surface area contributed by atoms with Crippen LogP contribution in [0.3, 0.4) is 0 Å². The lowest BCUT2D eigenvalue weighted by atomic mass is 9.34. The largest absolute Gasteiger partial charge is 0.469 e. The Bertz CT molecular complexity index is 660. The predicted molar refractivity (Wildman–Crippen MR) is 82.1 cm³/mol. The van der Waals surface area contributed by atoms with Gasteiger partial charge in [0, 0.05) is 18.0 Å². The molecule has 3 saturated carbocycles. The Kier molecular flexibility index (Phi) is 3.48. The minimum Gasteiger partial charge on any atom is -0.469 e. The standard InChI is InChI=1S/C18H21F2NO3/c1-24-16(23)18-8-17(9-18,10-18)15(22)21-7-13(20)6-14(21)11-3-2-4-12(19)5-11/h2-5,13-15,22H,6-10H2,1H3. The number of carbonyl (C=O) groups excluding carboxylic acids is 1. The van der Waals surface area contributed by atoms with E-state index >= 15 is 0 Å². The predicted octanol–water partition coefficient (Wildman–Crippen LogP) is 2.57. The van der Waals surface area contributed by atoms with E-state index in [4.69, 9.17) is 4.74 Å². The Labute approximate surface area is 139 Å². The molecule has 3 aliphatic carbocycles. The third-order valence-corrected chi connectivity index (χ3v) is 6.07. The third kappa shape index (κ3) is 2.12. The van der Waals surface area contributed by atoms with Crippen LogP contribution in [0.2, 0.25) is 0 Å². The average Bonchev–Trinajstić information content (AvgIpc) is 2.86. The van der Waals surface area contributed by atoms with Gasteiger partial charge in [-0.25, -0.2) is 8.78 Å². The molecule has 5 rings (SSSR count). The highest BCUT2D eigenvalue weighted by Crippen LogP contribution is 2.75. The number of benzene rings is 1. The molecule has 4 aliphatic rings. The maximum atomic E-state index is 14.0. The summed E-state index contributed by atoms with van der Waals surface area (Å²) in [5, 5.41) is 10.9. The van der Waals surface area contributed by atoms with Gasteiger partial charge in [0.1, 0.15) is 18.2 Å². The molecule has 3 atom stereocenters. The number of hydrogen-bond donors (Lipinski definition) is 1. The monoisotopic (exact) mass is 337 g/mol. The average molecular weight is 337 g/mol. The molecule has 1 saturated heterocycles. The van der Waals surface area contributed by atoms with Crippen LogP contribution in [0, 0.1) is 16.6 Å². The number of methoxy groups -OCH3 is 1. The molecule has 0 spiro atoms. The van der Waals surface area contributed by atoms with Crippen LogP contribution in [-0.4, -0.2) is 42.0 Å². The zero-order valence-corrected chi connectivity index (χ0v) is 13.5. The lowest BCUT2D eigenvalue weighted by Gasteiger charge is -2.71. The van der Waals surface area contributed by atoms with E-state index in [1.807, 2.05) is 0 Å². The van der Waals surface area contributed by atoms with Gasteiger partial charge >= 0.3 is 5.97 Å². The molecule has 1 heterocycles. The van der Waals surface area contributed by atoms with Gasteiger partial charge in [-0.3, -0.25) is 9.69 Å². The summed E-state index contributed by atoms with van der Waals surface area (Å²) in [7, 11) is 1.37. The molecule has 0 amide bonds. The van der Waals surface area contributed by atoms with Crippen LogP contribution in [0.5, 0.6) is 0 Å². The fourth-order valence-corrected chi connectivity index (χ4v) is 5.04. The zero-order chi connectivity index (χ0) is 17.1. The number of nitrogens with zero attached hydrogens (tertiary/aromatic N) is 1. The van der Waals surface area contributed by atoms with E-state index in [-0.39, 0.29) is 36.2 Å².